The van der Waals surface area contributed by atoms with Crippen molar-refractivity contribution in [3.05, 3.63) is 24.0 Å². The van der Waals surface area contributed by atoms with Gasteiger partial charge in [-0.2, -0.15) is 0 Å². The number of hydrogen-bond acceptors (Lipinski definition) is 4. The van der Waals surface area contributed by atoms with Crippen LogP contribution < -0.4 is 0 Å². The molecular weight excluding hydrogens is 288 g/mol. The molecule has 1 aliphatic rings. The first-order valence-electron chi connectivity index (χ1n) is 6.96. The van der Waals surface area contributed by atoms with E-state index in [2.05, 4.69) is 23.7 Å². The Morgan fingerprint density at radius 2 is 2.19 bits per heavy atom. The number of sulfonamides is 1. The summed E-state index contributed by atoms with van der Waals surface area (Å²) in [6.07, 6.45) is 4.31. The fraction of sp³-hybridized carbons (Fsp3) is 0.533. The lowest BCUT2D eigenvalue weighted by molar-refractivity contribution is 0.305. The molecule has 0 aliphatic heterocycles. The summed E-state index contributed by atoms with van der Waals surface area (Å²) in [5.74, 6) is 6.63. The Morgan fingerprint density at radius 3 is 2.81 bits per heavy atom. The van der Waals surface area contributed by atoms with Crippen LogP contribution in [0.25, 0.3) is 0 Å². The van der Waals surface area contributed by atoms with Gasteiger partial charge >= 0.3 is 0 Å². The van der Waals surface area contributed by atoms with Crippen molar-refractivity contribution >= 4 is 10.0 Å². The minimum Gasteiger partial charge on any atom is -0.395 e. The maximum atomic E-state index is 12.5. The minimum atomic E-state index is -3.52. The van der Waals surface area contributed by atoms with Crippen molar-refractivity contribution < 1.29 is 13.5 Å². The van der Waals surface area contributed by atoms with Gasteiger partial charge in [0, 0.05) is 38.0 Å². The number of aromatic nitrogens is 1. The van der Waals surface area contributed by atoms with E-state index < -0.39 is 10.0 Å². The van der Waals surface area contributed by atoms with Crippen LogP contribution in [0, 0.1) is 23.7 Å². The number of pyridine rings is 1. The first-order valence-corrected chi connectivity index (χ1v) is 8.40. The molecule has 1 saturated carbocycles. The third-order valence-electron chi connectivity index (χ3n) is 3.66. The van der Waals surface area contributed by atoms with Gasteiger partial charge < -0.3 is 5.11 Å². The first-order chi connectivity index (χ1) is 9.95. The molecule has 0 aromatic carbocycles. The van der Waals surface area contributed by atoms with Crippen LogP contribution in [0.4, 0.5) is 0 Å². The van der Waals surface area contributed by atoms with E-state index in [-0.39, 0.29) is 11.5 Å². The fourth-order valence-corrected chi connectivity index (χ4v) is 3.33. The number of hydrogen-bond donors (Lipinski definition) is 1. The second kappa shape index (κ2) is 6.56. The highest BCUT2D eigenvalue weighted by molar-refractivity contribution is 7.89. The quantitative estimate of drug-likeness (QED) is 0.827. The van der Waals surface area contributed by atoms with Crippen LogP contribution in [-0.4, -0.2) is 43.0 Å². The van der Waals surface area contributed by atoms with Gasteiger partial charge in [-0.05, 0) is 24.3 Å². The Hall–Kier alpha value is -1.42. The van der Waals surface area contributed by atoms with Gasteiger partial charge in [-0.25, -0.2) is 12.7 Å². The van der Waals surface area contributed by atoms with Gasteiger partial charge in [-0.15, -0.1) is 0 Å². The Kier molecular flexibility index (Phi) is 4.99. The number of aliphatic hydroxyl groups is 1. The zero-order chi connectivity index (χ0) is 15.5. The van der Waals surface area contributed by atoms with E-state index >= 15 is 0 Å². The lowest BCUT2D eigenvalue weighted by Gasteiger charge is -2.16. The summed E-state index contributed by atoms with van der Waals surface area (Å²) in [6, 6.07) is 1.53. The zero-order valence-corrected chi connectivity index (χ0v) is 13.1. The van der Waals surface area contributed by atoms with Crippen LogP contribution in [-0.2, 0) is 10.0 Å². The molecule has 2 rings (SSSR count). The molecule has 1 heterocycles. The van der Waals surface area contributed by atoms with Gasteiger partial charge in [0.25, 0.3) is 0 Å². The highest BCUT2D eigenvalue weighted by Crippen LogP contribution is 2.38. The zero-order valence-electron chi connectivity index (χ0n) is 12.3. The topological polar surface area (TPSA) is 70.5 Å². The van der Waals surface area contributed by atoms with E-state index in [1.165, 1.54) is 22.8 Å². The molecule has 114 valence electrons. The van der Waals surface area contributed by atoms with Crippen LogP contribution in [0.5, 0.6) is 0 Å². The van der Waals surface area contributed by atoms with Gasteiger partial charge in [0.2, 0.25) is 10.0 Å². The highest BCUT2D eigenvalue weighted by atomic mass is 32.2. The molecule has 0 spiro atoms. The van der Waals surface area contributed by atoms with Crippen molar-refractivity contribution in [3.8, 4) is 11.8 Å². The molecule has 0 bridgehead atoms. The van der Waals surface area contributed by atoms with Crippen LogP contribution in [0.15, 0.2) is 23.4 Å². The largest absolute Gasteiger partial charge is 0.395 e. The lowest BCUT2D eigenvalue weighted by Crippen LogP contribution is -2.29. The summed E-state index contributed by atoms with van der Waals surface area (Å²) in [4.78, 5) is 4.11. The molecule has 5 nitrogen and oxygen atoms in total. The monoisotopic (exact) mass is 308 g/mol. The van der Waals surface area contributed by atoms with Gasteiger partial charge in [0.1, 0.15) is 4.90 Å². The molecule has 2 unspecified atom stereocenters. The number of nitrogens with zero attached hydrogens (tertiary/aromatic N) is 2. The number of rotatable bonds is 5. The molecule has 1 aromatic heterocycles. The van der Waals surface area contributed by atoms with Gasteiger partial charge in [-0.3, -0.25) is 4.98 Å². The molecule has 1 aromatic rings. The van der Waals surface area contributed by atoms with E-state index in [4.69, 9.17) is 5.11 Å². The molecule has 0 saturated heterocycles. The summed E-state index contributed by atoms with van der Waals surface area (Å²) in [7, 11) is -1.92. The van der Waals surface area contributed by atoms with Gasteiger partial charge in [0.05, 0.1) is 6.61 Å². The van der Waals surface area contributed by atoms with Crippen molar-refractivity contribution in [2.75, 3.05) is 20.2 Å². The summed E-state index contributed by atoms with van der Waals surface area (Å²) >= 11 is 0. The smallest absolute Gasteiger partial charge is 0.244 e. The maximum Gasteiger partial charge on any atom is 0.244 e. The first kappa shape index (κ1) is 16.0. The van der Waals surface area contributed by atoms with Crippen LogP contribution in [0.2, 0.25) is 0 Å². The van der Waals surface area contributed by atoms with Crippen LogP contribution >= 0.6 is 0 Å². The molecule has 6 heteroatoms. The molecule has 0 amide bonds. The van der Waals surface area contributed by atoms with Crippen molar-refractivity contribution in [2.24, 2.45) is 11.8 Å². The van der Waals surface area contributed by atoms with E-state index in [0.717, 1.165) is 6.42 Å². The SMILES string of the molecule is CC1CC1CN(C)S(=O)(=O)c1cncc(C#CCCO)c1. The van der Waals surface area contributed by atoms with E-state index in [1.807, 2.05) is 0 Å². The maximum absolute atomic E-state index is 12.5. The predicted octanol–water partition coefficient (Wildman–Crippen LogP) is 1.09. The summed E-state index contributed by atoms with van der Waals surface area (Å²) in [5, 5.41) is 8.69. The minimum absolute atomic E-state index is 0.0132. The summed E-state index contributed by atoms with van der Waals surface area (Å²) < 4.78 is 26.4. The van der Waals surface area contributed by atoms with Crippen LogP contribution in [0.3, 0.4) is 0 Å². The average molecular weight is 308 g/mol. The van der Waals surface area contributed by atoms with Crippen molar-refractivity contribution in [1.82, 2.24) is 9.29 Å². The van der Waals surface area contributed by atoms with Crippen molar-refractivity contribution in [2.45, 2.75) is 24.7 Å². The van der Waals surface area contributed by atoms with Gasteiger partial charge in [-0.1, -0.05) is 18.8 Å². The van der Waals surface area contributed by atoms with Crippen molar-refractivity contribution in [3.63, 3.8) is 0 Å². The lowest BCUT2D eigenvalue weighted by atomic mass is 10.3. The van der Waals surface area contributed by atoms with E-state index in [9.17, 15) is 8.42 Å². The van der Waals surface area contributed by atoms with E-state index in [1.54, 1.807) is 7.05 Å². The normalized spacial score (nSPS) is 21.0. The molecule has 2 atom stereocenters. The highest BCUT2D eigenvalue weighted by Gasteiger charge is 2.36. The second-order valence-corrected chi connectivity index (χ2v) is 7.49. The molecule has 0 radical (unpaired) electrons. The second-order valence-electron chi connectivity index (χ2n) is 5.44. The fourth-order valence-electron chi connectivity index (χ4n) is 2.11. The summed E-state index contributed by atoms with van der Waals surface area (Å²) in [5.41, 5.74) is 0.540. The Morgan fingerprint density at radius 1 is 1.48 bits per heavy atom. The molecule has 21 heavy (non-hydrogen) atoms. The Balaban J connectivity index is 2.16. The third kappa shape index (κ3) is 4.03. The van der Waals surface area contributed by atoms with Gasteiger partial charge in [0.15, 0.2) is 0 Å². The number of aliphatic hydroxyl groups excluding tert-OH is 1. The van der Waals surface area contributed by atoms with Crippen molar-refractivity contribution in [1.29, 1.82) is 0 Å². The molecule has 1 N–H and O–H groups in total. The summed E-state index contributed by atoms with van der Waals surface area (Å²) in [6.45, 7) is 2.66. The Bertz CT molecular complexity index is 661. The average Bonchev–Trinajstić information content (AvgIpc) is 3.14. The molecule has 1 fully saturated rings. The molecular formula is C15H20N2O3S. The van der Waals surface area contributed by atoms with E-state index in [0.29, 0.717) is 30.4 Å². The third-order valence-corrected chi connectivity index (χ3v) is 5.45. The predicted molar refractivity (Wildman–Crippen MR) is 79.9 cm³/mol. The molecule has 1 aliphatic carbocycles. The Labute approximate surface area is 126 Å². The standard InChI is InChI=1S/C15H20N2O3S/c1-12-7-14(12)11-17(2)21(19,20)15-8-13(9-16-10-15)5-3-4-6-18/h8-10,12,14,18H,4,6-7,11H2,1-2H3. The van der Waals surface area contributed by atoms with Crippen LogP contribution in [0.1, 0.15) is 25.3 Å².